The molecule has 2 aromatic carbocycles. The molecule has 0 spiro atoms. The zero-order valence-corrected chi connectivity index (χ0v) is 18.4. The number of rotatable bonds is 11. The fourth-order valence-corrected chi connectivity index (χ4v) is 3.49. The maximum atomic E-state index is 10.4. The second-order valence-electron chi connectivity index (χ2n) is 7.95. The SMILES string of the molecule is CCC(C)C(NCC(O)COCc1ccccc1)c1nc(-c2ccc3c(c2)OCO3)no1. The highest BCUT2D eigenvalue weighted by Gasteiger charge is 2.26. The number of hydrogen-bond donors (Lipinski definition) is 2. The van der Waals surface area contributed by atoms with E-state index in [-0.39, 0.29) is 25.4 Å². The van der Waals surface area contributed by atoms with E-state index in [4.69, 9.17) is 18.7 Å². The summed E-state index contributed by atoms with van der Waals surface area (Å²) in [5.41, 5.74) is 1.87. The Morgan fingerprint density at radius 3 is 2.75 bits per heavy atom. The van der Waals surface area contributed by atoms with E-state index in [1.54, 1.807) is 0 Å². The van der Waals surface area contributed by atoms with E-state index in [2.05, 4.69) is 29.3 Å². The molecular formula is C24H29N3O5. The van der Waals surface area contributed by atoms with Gasteiger partial charge in [-0.25, -0.2) is 0 Å². The molecule has 3 aromatic rings. The molecule has 8 heteroatoms. The number of ether oxygens (including phenoxy) is 3. The summed E-state index contributed by atoms with van der Waals surface area (Å²) >= 11 is 0. The van der Waals surface area contributed by atoms with E-state index in [0.29, 0.717) is 36.4 Å². The van der Waals surface area contributed by atoms with Crippen LogP contribution in [0.3, 0.4) is 0 Å². The first-order valence-electron chi connectivity index (χ1n) is 10.9. The molecule has 0 amide bonds. The molecule has 1 aliphatic heterocycles. The molecule has 2 N–H and O–H groups in total. The maximum absolute atomic E-state index is 10.4. The van der Waals surface area contributed by atoms with Gasteiger partial charge in [0.1, 0.15) is 0 Å². The van der Waals surface area contributed by atoms with Crippen LogP contribution in [0.5, 0.6) is 11.5 Å². The number of hydrogen-bond acceptors (Lipinski definition) is 8. The number of aromatic nitrogens is 2. The van der Waals surface area contributed by atoms with Crippen LogP contribution in [0.4, 0.5) is 0 Å². The predicted molar refractivity (Wildman–Crippen MR) is 118 cm³/mol. The van der Waals surface area contributed by atoms with Crippen LogP contribution in [-0.4, -0.2) is 41.3 Å². The largest absolute Gasteiger partial charge is 0.454 e. The van der Waals surface area contributed by atoms with Gasteiger partial charge in [0.15, 0.2) is 11.5 Å². The van der Waals surface area contributed by atoms with Crippen molar-refractivity contribution in [2.24, 2.45) is 5.92 Å². The van der Waals surface area contributed by atoms with Crippen LogP contribution in [0.2, 0.25) is 0 Å². The minimum absolute atomic E-state index is 0.181. The smallest absolute Gasteiger partial charge is 0.244 e. The zero-order chi connectivity index (χ0) is 22.3. The monoisotopic (exact) mass is 439 g/mol. The zero-order valence-electron chi connectivity index (χ0n) is 18.4. The van der Waals surface area contributed by atoms with Crippen molar-refractivity contribution in [3.8, 4) is 22.9 Å². The predicted octanol–water partition coefficient (Wildman–Crippen LogP) is 3.72. The lowest BCUT2D eigenvalue weighted by Gasteiger charge is -2.22. The van der Waals surface area contributed by atoms with Crippen LogP contribution in [0.15, 0.2) is 53.1 Å². The number of nitrogens with zero attached hydrogens (tertiary/aromatic N) is 2. The van der Waals surface area contributed by atoms with Gasteiger partial charge >= 0.3 is 0 Å². The average Bonchev–Trinajstić information content (AvgIpc) is 3.49. The Morgan fingerprint density at radius 1 is 1.12 bits per heavy atom. The first-order chi connectivity index (χ1) is 15.6. The fraction of sp³-hybridized carbons (Fsp3) is 0.417. The summed E-state index contributed by atoms with van der Waals surface area (Å²) in [4.78, 5) is 4.61. The second-order valence-corrected chi connectivity index (χ2v) is 7.95. The molecule has 0 saturated heterocycles. The number of aliphatic hydroxyl groups is 1. The molecule has 0 radical (unpaired) electrons. The lowest BCUT2D eigenvalue weighted by molar-refractivity contribution is 0.0260. The average molecular weight is 440 g/mol. The van der Waals surface area contributed by atoms with Crippen molar-refractivity contribution in [1.82, 2.24) is 15.5 Å². The summed E-state index contributed by atoms with van der Waals surface area (Å²) in [6, 6.07) is 15.3. The molecule has 0 saturated carbocycles. The third kappa shape index (κ3) is 5.45. The van der Waals surface area contributed by atoms with E-state index in [0.717, 1.165) is 17.5 Å². The van der Waals surface area contributed by atoms with Gasteiger partial charge in [-0.1, -0.05) is 55.8 Å². The third-order valence-electron chi connectivity index (χ3n) is 5.55. The Kier molecular flexibility index (Phi) is 7.36. The highest BCUT2D eigenvalue weighted by molar-refractivity contribution is 5.61. The summed E-state index contributed by atoms with van der Waals surface area (Å²) in [6.07, 6.45) is 0.265. The minimum Gasteiger partial charge on any atom is -0.454 e. The second kappa shape index (κ2) is 10.6. The first kappa shape index (κ1) is 22.3. The van der Waals surface area contributed by atoms with Gasteiger partial charge in [0, 0.05) is 12.1 Å². The van der Waals surface area contributed by atoms with E-state index in [1.807, 2.05) is 48.5 Å². The van der Waals surface area contributed by atoms with Crippen molar-refractivity contribution < 1.29 is 23.8 Å². The van der Waals surface area contributed by atoms with Gasteiger partial charge in [0.2, 0.25) is 18.5 Å². The molecule has 8 nitrogen and oxygen atoms in total. The highest BCUT2D eigenvalue weighted by atomic mass is 16.7. The van der Waals surface area contributed by atoms with Crippen molar-refractivity contribution in [1.29, 1.82) is 0 Å². The molecule has 3 atom stereocenters. The van der Waals surface area contributed by atoms with Gasteiger partial charge < -0.3 is 29.2 Å². The Hall–Kier alpha value is -2.94. The summed E-state index contributed by atoms with van der Waals surface area (Å²) in [6.45, 7) is 5.49. The van der Waals surface area contributed by atoms with E-state index >= 15 is 0 Å². The molecular weight excluding hydrogens is 410 g/mol. The third-order valence-corrected chi connectivity index (χ3v) is 5.55. The number of benzene rings is 2. The topological polar surface area (TPSA) is 98.9 Å². The van der Waals surface area contributed by atoms with Gasteiger partial charge in [0.25, 0.3) is 0 Å². The van der Waals surface area contributed by atoms with Crippen molar-refractivity contribution in [3.05, 3.63) is 60.0 Å². The van der Waals surface area contributed by atoms with Crippen LogP contribution >= 0.6 is 0 Å². The number of nitrogens with one attached hydrogen (secondary N) is 1. The standard InChI is InChI=1S/C24H29N3O5/c1-3-16(2)22(25-12-19(28)14-29-13-17-7-5-4-6-8-17)24-26-23(27-32-24)18-9-10-20-21(11-18)31-15-30-20/h4-11,16,19,22,25,28H,3,12-15H2,1-2H3. The quantitative estimate of drug-likeness (QED) is 0.466. The molecule has 3 unspecified atom stereocenters. The normalized spacial score (nSPS) is 15.5. The van der Waals surface area contributed by atoms with Crippen LogP contribution in [0, 0.1) is 5.92 Å². The first-order valence-corrected chi connectivity index (χ1v) is 10.9. The maximum Gasteiger partial charge on any atom is 0.244 e. The molecule has 0 aliphatic carbocycles. The van der Waals surface area contributed by atoms with E-state index < -0.39 is 6.10 Å². The Balaban J connectivity index is 1.35. The summed E-state index contributed by atoms with van der Waals surface area (Å²) in [5, 5.41) is 17.9. The fourth-order valence-electron chi connectivity index (χ4n) is 3.49. The van der Waals surface area contributed by atoms with Crippen molar-refractivity contribution in [2.75, 3.05) is 19.9 Å². The van der Waals surface area contributed by atoms with Gasteiger partial charge in [-0.15, -0.1) is 0 Å². The van der Waals surface area contributed by atoms with Crippen LogP contribution in [-0.2, 0) is 11.3 Å². The molecule has 1 aromatic heterocycles. The minimum atomic E-state index is -0.651. The van der Waals surface area contributed by atoms with Gasteiger partial charge in [-0.2, -0.15) is 4.98 Å². The molecule has 4 rings (SSSR count). The van der Waals surface area contributed by atoms with Crippen molar-refractivity contribution in [2.45, 2.75) is 39.0 Å². The van der Waals surface area contributed by atoms with Gasteiger partial charge in [-0.3, -0.25) is 0 Å². The highest BCUT2D eigenvalue weighted by Crippen LogP contribution is 2.35. The molecule has 0 fully saturated rings. The van der Waals surface area contributed by atoms with Crippen LogP contribution in [0.25, 0.3) is 11.4 Å². The molecule has 0 bridgehead atoms. The van der Waals surface area contributed by atoms with Gasteiger partial charge in [-0.05, 0) is 29.7 Å². The lowest BCUT2D eigenvalue weighted by Crippen LogP contribution is -2.35. The Morgan fingerprint density at radius 2 is 1.94 bits per heavy atom. The van der Waals surface area contributed by atoms with Crippen molar-refractivity contribution in [3.63, 3.8) is 0 Å². The van der Waals surface area contributed by atoms with Crippen LogP contribution in [0.1, 0.15) is 37.8 Å². The molecule has 32 heavy (non-hydrogen) atoms. The summed E-state index contributed by atoms with van der Waals surface area (Å²) < 4.78 is 22.0. The Bertz CT molecular complexity index is 994. The number of fused-ring (bicyclic) bond motifs is 1. The summed E-state index contributed by atoms with van der Waals surface area (Å²) in [5.74, 6) is 2.59. The molecule has 1 aliphatic rings. The van der Waals surface area contributed by atoms with E-state index in [1.165, 1.54) is 0 Å². The van der Waals surface area contributed by atoms with Gasteiger partial charge in [0.05, 0.1) is 25.4 Å². The Labute approximate surface area is 187 Å². The van der Waals surface area contributed by atoms with Crippen LogP contribution < -0.4 is 14.8 Å². The van der Waals surface area contributed by atoms with E-state index in [9.17, 15) is 5.11 Å². The number of aliphatic hydroxyl groups excluding tert-OH is 1. The molecule has 2 heterocycles. The lowest BCUT2D eigenvalue weighted by atomic mass is 9.99. The van der Waals surface area contributed by atoms with Crippen molar-refractivity contribution >= 4 is 0 Å². The molecule has 170 valence electrons. The summed E-state index contributed by atoms with van der Waals surface area (Å²) in [7, 11) is 0.